The molecule has 6 nitrogen and oxygen atoms in total. The van der Waals surface area contributed by atoms with Crippen molar-refractivity contribution in [1.29, 1.82) is 0 Å². The maximum absolute atomic E-state index is 12.2. The maximum Gasteiger partial charge on any atom is 0.376 e. The number of carbonyl (C=O) groups is 1. The summed E-state index contributed by atoms with van der Waals surface area (Å²) in [6, 6.07) is 15.5. The van der Waals surface area contributed by atoms with Crippen LogP contribution >= 0.6 is 15.9 Å². The molecule has 0 spiro atoms. The van der Waals surface area contributed by atoms with E-state index in [2.05, 4.69) is 31.2 Å². The third-order valence-electron chi connectivity index (χ3n) is 4.03. The van der Waals surface area contributed by atoms with Gasteiger partial charge >= 0.3 is 5.97 Å². The SMILES string of the molecule is CCOC(=O)c1nc(NCc2cccc(Br)c2)c2oc3ccccc3c2n1. The smallest absolute Gasteiger partial charge is 0.376 e. The topological polar surface area (TPSA) is 77.2 Å². The molecule has 0 aliphatic heterocycles. The first kappa shape index (κ1) is 17.5. The van der Waals surface area contributed by atoms with Crippen molar-refractivity contribution in [1.82, 2.24) is 9.97 Å². The van der Waals surface area contributed by atoms with Crippen LogP contribution in [-0.2, 0) is 11.3 Å². The predicted octanol–water partition coefficient (Wildman–Crippen LogP) is 4.93. The fourth-order valence-electron chi connectivity index (χ4n) is 2.83. The van der Waals surface area contributed by atoms with Crippen molar-refractivity contribution in [3.05, 3.63) is 64.4 Å². The van der Waals surface area contributed by atoms with Gasteiger partial charge in [0.25, 0.3) is 0 Å². The van der Waals surface area contributed by atoms with Crippen LogP contribution in [0.1, 0.15) is 23.1 Å². The molecule has 2 aromatic carbocycles. The first-order chi connectivity index (χ1) is 13.2. The van der Waals surface area contributed by atoms with Gasteiger partial charge in [0.2, 0.25) is 5.82 Å². The zero-order valence-electron chi connectivity index (χ0n) is 14.5. The summed E-state index contributed by atoms with van der Waals surface area (Å²) >= 11 is 3.47. The molecule has 0 aliphatic rings. The van der Waals surface area contributed by atoms with Crippen LogP contribution in [0, 0.1) is 0 Å². The second-order valence-corrected chi connectivity index (χ2v) is 6.79. The van der Waals surface area contributed by atoms with Crippen LogP contribution in [0.25, 0.3) is 22.1 Å². The number of furan rings is 1. The van der Waals surface area contributed by atoms with Crippen LogP contribution < -0.4 is 5.32 Å². The summed E-state index contributed by atoms with van der Waals surface area (Å²) in [6.07, 6.45) is 0. The molecule has 0 atom stereocenters. The van der Waals surface area contributed by atoms with E-state index in [0.717, 1.165) is 15.4 Å². The Balaban J connectivity index is 1.80. The number of nitrogens with zero attached hydrogens (tertiary/aromatic N) is 2. The van der Waals surface area contributed by atoms with Gasteiger partial charge in [-0.1, -0.05) is 40.2 Å². The number of nitrogens with one attached hydrogen (secondary N) is 1. The summed E-state index contributed by atoms with van der Waals surface area (Å²) in [5.74, 6) is -0.0953. The van der Waals surface area contributed by atoms with E-state index in [1.165, 1.54) is 0 Å². The quantitative estimate of drug-likeness (QED) is 0.456. The highest BCUT2D eigenvalue weighted by Gasteiger charge is 2.19. The molecule has 0 amide bonds. The van der Waals surface area contributed by atoms with Crippen molar-refractivity contribution in [3.63, 3.8) is 0 Å². The molecule has 1 N–H and O–H groups in total. The number of ether oxygens (including phenoxy) is 1. The van der Waals surface area contributed by atoms with Gasteiger partial charge in [0.1, 0.15) is 11.1 Å². The summed E-state index contributed by atoms with van der Waals surface area (Å²) in [6.45, 7) is 2.52. The van der Waals surface area contributed by atoms with Crippen LogP contribution in [0.2, 0.25) is 0 Å². The Morgan fingerprint density at radius 2 is 2.04 bits per heavy atom. The van der Waals surface area contributed by atoms with Crippen molar-refractivity contribution in [2.45, 2.75) is 13.5 Å². The number of hydrogen-bond acceptors (Lipinski definition) is 6. The van der Waals surface area contributed by atoms with Gasteiger partial charge < -0.3 is 14.5 Å². The summed E-state index contributed by atoms with van der Waals surface area (Å²) in [4.78, 5) is 20.9. The summed E-state index contributed by atoms with van der Waals surface area (Å²) < 4.78 is 12.0. The van der Waals surface area contributed by atoms with Crippen LogP contribution in [0.4, 0.5) is 5.82 Å². The standard InChI is InChI=1S/C20H16BrN3O3/c1-2-26-20(25)19-23-16-14-8-3-4-9-15(14)27-17(16)18(24-19)22-11-12-6-5-7-13(21)10-12/h3-10H,2,11H2,1H3,(H,22,23,24). The lowest BCUT2D eigenvalue weighted by atomic mass is 10.2. The summed E-state index contributed by atoms with van der Waals surface area (Å²) in [5, 5.41) is 4.08. The number of benzene rings is 2. The molecule has 27 heavy (non-hydrogen) atoms. The Bertz CT molecular complexity index is 1140. The monoisotopic (exact) mass is 425 g/mol. The van der Waals surface area contributed by atoms with Crippen molar-refractivity contribution < 1.29 is 13.9 Å². The Kier molecular flexibility index (Phi) is 4.77. The number of halogens is 1. The zero-order chi connectivity index (χ0) is 18.8. The third kappa shape index (κ3) is 3.50. The van der Waals surface area contributed by atoms with Gasteiger partial charge in [-0.05, 0) is 36.8 Å². The van der Waals surface area contributed by atoms with Crippen LogP contribution in [-0.4, -0.2) is 22.5 Å². The Morgan fingerprint density at radius 3 is 2.85 bits per heavy atom. The minimum atomic E-state index is -0.560. The number of anilines is 1. The Hall–Kier alpha value is -2.93. The fraction of sp³-hybridized carbons (Fsp3) is 0.150. The van der Waals surface area contributed by atoms with E-state index >= 15 is 0 Å². The van der Waals surface area contributed by atoms with Gasteiger partial charge in [-0.15, -0.1) is 0 Å². The lowest BCUT2D eigenvalue weighted by molar-refractivity contribution is 0.0512. The van der Waals surface area contributed by atoms with Gasteiger partial charge in [-0.3, -0.25) is 0 Å². The minimum absolute atomic E-state index is 0.00708. The average Bonchev–Trinajstić information content (AvgIpc) is 3.05. The molecule has 7 heteroatoms. The van der Waals surface area contributed by atoms with Crippen LogP contribution in [0.5, 0.6) is 0 Å². The maximum atomic E-state index is 12.2. The molecule has 0 aliphatic carbocycles. The first-order valence-electron chi connectivity index (χ1n) is 8.50. The van der Waals surface area contributed by atoms with E-state index in [4.69, 9.17) is 9.15 Å². The minimum Gasteiger partial charge on any atom is -0.460 e. The summed E-state index contributed by atoms with van der Waals surface area (Å²) in [5.41, 5.74) is 2.85. The number of para-hydroxylation sites is 1. The number of aromatic nitrogens is 2. The molecule has 0 saturated heterocycles. The highest BCUT2D eigenvalue weighted by atomic mass is 79.9. The normalized spacial score (nSPS) is 11.0. The van der Waals surface area contributed by atoms with Crippen molar-refractivity contribution in [2.24, 2.45) is 0 Å². The number of rotatable bonds is 5. The average molecular weight is 426 g/mol. The molecule has 4 aromatic rings. The largest absolute Gasteiger partial charge is 0.460 e. The fourth-order valence-corrected chi connectivity index (χ4v) is 3.28. The first-order valence-corrected chi connectivity index (χ1v) is 9.29. The molecule has 0 fully saturated rings. The number of esters is 1. The molecule has 136 valence electrons. The molecule has 0 bridgehead atoms. The van der Waals surface area contributed by atoms with Gasteiger partial charge in [0.05, 0.1) is 6.61 Å². The Labute approximate surface area is 163 Å². The van der Waals surface area contributed by atoms with Gasteiger partial charge in [0, 0.05) is 16.4 Å². The zero-order valence-corrected chi connectivity index (χ0v) is 16.1. The highest BCUT2D eigenvalue weighted by molar-refractivity contribution is 9.10. The van der Waals surface area contributed by atoms with Crippen LogP contribution in [0.15, 0.2) is 57.4 Å². The second-order valence-electron chi connectivity index (χ2n) is 5.88. The third-order valence-corrected chi connectivity index (χ3v) is 4.52. The summed E-state index contributed by atoms with van der Waals surface area (Å²) in [7, 11) is 0. The number of hydrogen-bond donors (Lipinski definition) is 1. The van der Waals surface area contributed by atoms with E-state index < -0.39 is 5.97 Å². The van der Waals surface area contributed by atoms with E-state index in [9.17, 15) is 4.79 Å². The van der Waals surface area contributed by atoms with Gasteiger partial charge in [0.15, 0.2) is 11.4 Å². The van der Waals surface area contributed by atoms with Crippen molar-refractivity contribution in [3.8, 4) is 0 Å². The number of fused-ring (bicyclic) bond motifs is 3. The Morgan fingerprint density at radius 1 is 1.19 bits per heavy atom. The van der Waals surface area contributed by atoms with E-state index in [0.29, 0.717) is 29.0 Å². The predicted molar refractivity (Wildman–Crippen MR) is 107 cm³/mol. The van der Waals surface area contributed by atoms with E-state index in [1.807, 2.05) is 48.5 Å². The molecule has 0 radical (unpaired) electrons. The molecule has 0 saturated carbocycles. The molecular weight excluding hydrogens is 410 g/mol. The molecule has 4 rings (SSSR count). The van der Waals surface area contributed by atoms with E-state index in [1.54, 1.807) is 6.92 Å². The van der Waals surface area contributed by atoms with Crippen molar-refractivity contribution in [2.75, 3.05) is 11.9 Å². The van der Waals surface area contributed by atoms with Crippen molar-refractivity contribution >= 4 is 49.8 Å². The lowest BCUT2D eigenvalue weighted by Gasteiger charge is -2.08. The van der Waals surface area contributed by atoms with Gasteiger partial charge in [-0.2, -0.15) is 0 Å². The molecule has 0 unspecified atom stereocenters. The lowest BCUT2D eigenvalue weighted by Crippen LogP contribution is -2.12. The second kappa shape index (κ2) is 7.36. The molecule has 2 aromatic heterocycles. The molecule has 2 heterocycles. The van der Waals surface area contributed by atoms with E-state index in [-0.39, 0.29) is 12.4 Å². The van der Waals surface area contributed by atoms with Crippen LogP contribution in [0.3, 0.4) is 0 Å². The highest BCUT2D eigenvalue weighted by Crippen LogP contribution is 2.31. The van der Waals surface area contributed by atoms with Gasteiger partial charge in [-0.25, -0.2) is 14.8 Å². The number of carbonyl (C=O) groups excluding carboxylic acids is 1. The molecular formula is C20H16BrN3O3.